The molecule has 0 spiro atoms. The molecule has 3 rings (SSSR count). The lowest BCUT2D eigenvalue weighted by Gasteiger charge is -2.12. The van der Waals surface area contributed by atoms with E-state index in [9.17, 15) is 0 Å². The molecule has 0 aliphatic heterocycles. The van der Waals surface area contributed by atoms with Gasteiger partial charge >= 0.3 is 0 Å². The average Bonchev–Trinajstić information content (AvgIpc) is 2.67. The minimum absolute atomic E-state index is 0.0598. The second kappa shape index (κ2) is 8.76. The van der Waals surface area contributed by atoms with Gasteiger partial charge in [0, 0.05) is 30.7 Å². The number of pyridine rings is 2. The predicted octanol–water partition coefficient (Wildman–Crippen LogP) is 3.60. The number of hydrogen-bond acceptors (Lipinski definition) is 4. The molecule has 2 N–H and O–H groups in total. The predicted molar refractivity (Wildman–Crippen MR) is 101 cm³/mol. The third-order valence-corrected chi connectivity index (χ3v) is 3.72. The number of nitrogens with zero attached hydrogens (tertiary/aromatic N) is 2. The zero-order valence-electron chi connectivity index (χ0n) is 14.0. The van der Waals surface area contributed by atoms with Gasteiger partial charge in [0.25, 0.3) is 0 Å². The first-order valence-electron chi connectivity index (χ1n) is 8.26. The number of ether oxygens (including phenoxy) is 1. The summed E-state index contributed by atoms with van der Waals surface area (Å²) in [7, 11) is 0. The zero-order chi connectivity index (χ0) is 17.3. The number of benzene rings is 1. The highest BCUT2D eigenvalue weighted by molar-refractivity contribution is 5.68. The standard InChI is InChI=1S/C21H21N3O/c22-20(14-18-4-2-1-3-5-18)16-25-21-9-8-19(15-24-21)7-6-17-10-12-23-13-11-17/h1-13,15,20H,14,16,22H2/b7-6+/t20-/m0/s1. The Kier molecular flexibility index (Phi) is 5.91. The van der Waals surface area contributed by atoms with Crippen molar-refractivity contribution in [3.05, 3.63) is 89.9 Å². The molecule has 4 heteroatoms. The quantitative estimate of drug-likeness (QED) is 0.718. The van der Waals surface area contributed by atoms with Gasteiger partial charge in [-0.2, -0.15) is 0 Å². The molecule has 0 bridgehead atoms. The normalized spacial score (nSPS) is 12.2. The van der Waals surface area contributed by atoms with E-state index in [1.807, 2.05) is 54.6 Å². The van der Waals surface area contributed by atoms with Gasteiger partial charge < -0.3 is 10.5 Å². The van der Waals surface area contributed by atoms with Crippen LogP contribution in [0.15, 0.2) is 73.2 Å². The van der Waals surface area contributed by atoms with E-state index in [1.165, 1.54) is 5.56 Å². The van der Waals surface area contributed by atoms with Crippen molar-refractivity contribution >= 4 is 12.2 Å². The van der Waals surface area contributed by atoms with Crippen LogP contribution in [0.3, 0.4) is 0 Å². The molecule has 0 saturated carbocycles. The first-order valence-corrected chi connectivity index (χ1v) is 8.26. The van der Waals surface area contributed by atoms with Crippen molar-refractivity contribution in [2.45, 2.75) is 12.5 Å². The van der Waals surface area contributed by atoms with E-state index < -0.39 is 0 Å². The molecular formula is C21H21N3O. The number of rotatable bonds is 7. The largest absolute Gasteiger partial charge is 0.476 e. The molecule has 0 amide bonds. The third-order valence-electron chi connectivity index (χ3n) is 3.72. The second-order valence-electron chi connectivity index (χ2n) is 5.80. The van der Waals surface area contributed by atoms with Crippen LogP contribution in [0.2, 0.25) is 0 Å². The summed E-state index contributed by atoms with van der Waals surface area (Å²) in [4.78, 5) is 8.33. The molecule has 3 aromatic rings. The van der Waals surface area contributed by atoms with Crippen molar-refractivity contribution in [2.24, 2.45) is 5.73 Å². The van der Waals surface area contributed by atoms with Gasteiger partial charge in [0.1, 0.15) is 6.61 Å². The van der Waals surface area contributed by atoms with Gasteiger partial charge in [-0.15, -0.1) is 0 Å². The van der Waals surface area contributed by atoms with Gasteiger partial charge in [0.05, 0.1) is 0 Å². The van der Waals surface area contributed by atoms with Crippen LogP contribution in [-0.2, 0) is 6.42 Å². The molecule has 0 aliphatic carbocycles. The lowest BCUT2D eigenvalue weighted by Crippen LogP contribution is -2.30. The van der Waals surface area contributed by atoms with Crippen LogP contribution in [-0.4, -0.2) is 22.6 Å². The van der Waals surface area contributed by atoms with Gasteiger partial charge in [-0.25, -0.2) is 4.98 Å². The lowest BCUT2D eigenvalue weighted by atomic mass is 10.1. The van der Waals surface area contributed by atoms with Gasteiger partial charge in [-0.1, -0.05) is 42.5 Å². The molecule has 25 heavy (non-hydrogen) atoms. The fourth-order valence-electron chi connectivity index (χ4n) is 2.41. The van der Waals surface area contributed by atoms with Crippen molar-refractivity contribution in [1.29, 1.82) is 0 Å². The maximum atomic E-state index is 6.13. The molecule has 1 aromatic carbocycles. The van der Waals surface area contributed by atoms with Crippen molar-refractivity contribution in [2.75, 3.05) is 6.61 Å². The van der Waals surface area contributed by atoms with Gasteiger partial charge in [-0.05, 0) is 41.3 Å². The highest BCUT2D eigenvalue weighted by Crippen LogP contribution is 2.11. The Balaban J connectivity index is 1.50. The minimum Gasteiger partial charge on any atom is -0.476 e. The summed E-state index contributed by atoms with van der Waals surface area (Å²) in [6.45, 7) is 0.439. The van der Waals surface area contributed by atoms with E-state index in [-0.39, 0.29) is 6.04 Å². The Labute approximate surface area is 148 Å². The highest BCUT2D eigenvalue weighted by atomic mass is 16.5. The Morgan fingerprint density at radius 2 is 1.68 bits per heavy atom. The van der Waals surface area contributed by atoms with Crippen LogP contribution in [0, 0.1) is 0 Å². The Morgan fingerprint density at radius 3 is 2.40 bits per heavy atom. The summed E-state index contributed by atoms with van der Waals surface area (Å²) in [6, 6.07) is 17.9. The summed E-state index contributed by atoms with van der Waals surface area (Å²) in [5.41, 5.74) is 9.45. The summed E-state index contributed by atoms with van der Waals surface area (Å²) in [5, 5.41) is 0. The number of nitrogens with two attached hydrogens (primary N) is 1. The number of aromatic nitrogens is 2. The smallest absolute Gasteiger partial charge is 0.213 e. The Bertz CT molecular complexity index is 786. The van der Waals surface area contributed by atoms with E-state index in [0.29, 0.717) is 12.5 Å². The average molecular weight is 331 g/mol. The summed E-state index contributed by atoms with van der Waals surface area (Å²) >= 11 is 0. The maximum Gasteiger partial charge on any atom is 0.213 e. The molecule has 2 aromatic heterocycles. The third kappa shape index (κ3) is 5.55. The maximum absolute atomic E-state index is 6.13. The van der Waals surface area contributed by atoms with Crippen molar-refractivity contribution < 1.29 is 4.74 Å². The second-order valence-corrected chi connectivity index (χ2v) is 5.80. The van der Waals surface area contributed by atoms with Crippen LogP contribution in [0.25, 0.3) is 12.2 Å². The molecule has 0 aliphatic rings. The first kappa shape index (κ1) is 16.9. The Hall–Kier alpha value is -2.98. The molecular weight excluding hydrogens is 310 g/mol. The van der Waals surface area contributed by atoms with Crippen molar-refractivity contribution in [3.63, 3.8) is 0 Å². The molecule has 0 fully saturated rings. The van der Waals surface area contributed by atoms with E-state index in [1.54, 1.807) is 18.6 Å². The van der Waals surface area contributed by atoms with Gasteiger partial charge in [0.15, 0.2) is 0 Å². The van der Waals surface area contributed by atoms with Crippen LogP contribution in [0.5, 0.6) is 5.88 Å². The zero-order valence-corrected chi connectivity index (χ0v) is 14.0. The molecule has 0 unspecified atom stereocenters. The molecule has 0 saturated heterocycles. The van der Waals surface area contributed by atoms with E-state index in [0.717, 1.165) is 17.5 Å². The van der Waals surface area contributed by atoms with Crippen LogP contribution < -0.4 is 10.5 Å². The summed E-state index contributed by atoms with van der Waals surface area (Å²) < 4.78 is 5.69. The summed E-state index contributed by atoms with van der Waals surface area (Å²) in [6.07, 6.45) is 10.1. The van der Waals surface area contributed by atoms with Crippen molar-refractivity contribution in [1.82, 2.24) is 9.97 Å². The molecule has 126 valence electrons. The SMILES string of the molecule is N[C@H](COc1ccc(/C=C/c2ccncc2)cn1)Cc1ccccc1. The van der Waals surface area contributed by atoms with Crippen molar-refractivity contribution in [3.8, 4) is 5.88 Å². The van der Waals surface area contributed by atoms with Crippen LogP contribution in [0.1, 0.15) is 16.7 Å². The van der Waals surface area contributed by atoms with E-state index in [4.69, 9.17) is 10.5 Å². The van der Waals surface area contributed by atoms with Crippen LogP contribution in [0.4, 0.5) is 0 Å². The molecule has 0 radical (unpaired) electrons. The van der Waals surface area contributed by atoms with E-state index >= 15 is 0 Å². The Morgan fingerprint density at radius 1 is 0.920 bits per heavy atom. The van der Waals surface area contributed by atoms with Crippen LogP contribution >= 0.6 is 0 Å². The van der Waals surface area contributed by atoms with E-state index in [2.05, 4.69) is 22.1 Å². The van der Waals surface area contributed by atoms with Gasteiger partial charge in [-0.3, -0.25) is 4.98 Å². The number of hydrogen-bond donors (Lipinski definition) is 1. The minimum atomic E-state index is -0.0598. The fourth-order valence-corrected chi connectivity index (χ4v) is 2.41. The monoisotopic (exact) mass is 331 g/mol. The fraction of sp³-hybridized carbons (Fsp3) is 0.143. The molecule has 1 atom stereocenters. The summed E-state index contributed by atoms with van der Waals surface area (Å²) in [5.74, 6) is 0.588. The highest BCUT2D eigenvalue weighted by Gasteiger charge is 2.05. The van der Waals surface area contributed by atoms with Gasteiger partial charge in [0.2, 0.25) is 5.88 Å². The lowest BCUT2D eigenvalue weighted by molar-refractivity contribution is 0.277. The molecule has 4 nitrogen and oxygen atoms in total. The first-order chi connectivity index (χ1) is 12.3. The topological polar surface area (TPSA) is 61.0 Å². The molecule has 2 heterocycles.